The third-order valence-corrected chi connectivity index (χ3v) is 6.22. The van der Waals surface area contributed by atoms with E-state index in [1.54, 1.807) is 0 Å². The van der Waals surface area contributed by atoms with Gasteiger partial charge in [-0.05, 0) is 46.4 Å². The lowest BCUT2D eigenvalue weighted by molar-refractivity contribution is 0.0135. The lowest BCUT2D eigenvalue weighted by atomic mass is 9.98. The second-order valence-corrected chi connectivity index (χ2v) is 8.32. The van der Waals surface area contributed by atoms with Gasteiger partial charge in [0.1, 0.15) is 24.0 Å². The fourth-order valence-electron chi connectivity index (χ4n) is 4.42. The first kappa shape index (κ1) is 24.3. The van der Waals surface area contributed by atoms with E-state index < -0.39 is 24.3 Å². The monoisotopic (exact) mass is 477 g/mol. The third kappa shape index (κ3) is 5.13. The zero-order valence-electron chi connectivity index (χ0n) is 19.2. The van der Waals surface area contributed by atoms with Gasteiger partial charge in [-0.25, -0.2) is 9.59 Å². The highest BCUT2D eigenvalue weighted by molar-refractivity contribution is 5.91. The Balaban J connectivity index is 1.29. The van der Waals surface area contributed by atoms with Gasteiger partial charge < -0.3 is 30.1 Å². The number of benzene rings is 3. The number of aliphatic hydroxyl groups is 2. The van der Waals surface area contributed by atoms with Crippen molar-refractivity contribution in [2.24, 2.45) is 0 Å². The van der Waals surface area contributed by atoms with E-state index in [0.29, 0.717) is 5.56 Å². The summed E-state index contributed by atoms with van der Waals surface area (Å²) in [5, 5.41) is 32.6. The fraction of sp³-hybridized carbons (Fsp3) is 0.259. The highest BCUT2D eigenvalue weighted by atomic mass is 16.5. The first-order valence-corrected chi connectivity index (χ1v) is 11.3. The van der Waals surface area contributed by atoms with Crippen molar-refractivity contribution in [1.82, 2.24) is 5.32 Å². The summed E-state index contributed by atoms with van der Waals surface area (Å²) in [5.74, 6) is -1.13. The molecule has 0 fully saturated rings. The normalized spacial score (nSPS) is 13.9. The first-order chi connectivity index (χ1) is 16.9. The quantitative estimate of drug-likeness (QED) is 0.370. The molecule has 0 aliphatic heterocycles. The van der Waals surface area contributed by atoms with E-state index in [1.807, 2.05) is 36.4 Å². The number of nitrogens with one attached hydrogen (secondary N) is 1. The molecule has 0 bridgehead atoms. The number of aromatic carboxylic acids is 1. The minimum Gasteiger partial charge on any atom is -0.496 e. The zero-order chi connectivity index (χ0) is 24.9. The topological polar surface area (TPSA) is 125 Å². The number of aliphatic hydroxyl groups excluding tert-OH is 2. The molecule has 2 atom stereocenters. The standard InChI is InChI=1S/C27H27NO7/c1-34-24-14-16(10-11-21(24)26(31)32)25(30)23(29)12-13-28-27(33)35-15-22-19-8-4-2-6-17(19)18-7-3-5-9-20(18)22/h2-11,14,22-23,25,29-30H,12-13,15H2,1H3,(H,28,33)(H,31,32). The van der Waals surface area contributed by atoms with Crippen molar-refractivity contribution in [1.29, 1.82) is 0 Å². The predicted molar refractivity (Wildman–Crippen MR) is 129 cm³/mol. The molecule has 0 radical (unpaired) electrons. The number of amides is 1. The Hall–Kier alpha value is -3.88. The van der Waals surface area contributed by atoms with Gasteiger partial charge in [0.25, 0.3) is 0 Å². The number of carboxylic acid groups (broad SMARTS) is 1. The van der Waals surface area contributed by atoms with Crippen molar-refractivity contribution in [2.75, 3.05) is 20.3 Å². The van der Waals surface area contributed by atoms with Crippen molar-refractivity contribution in [3.63, 3.8) is 0 Å². The van der Waals surface area contributed by atoms with Gasteiger partial charge in [0.05, 0.1) is 13.2 Å². The molecule has 3 aromatic rings. The van der Waals surface area contributed by atoms with Crippen molar-refractivity contribution in [3.05, 3.63) is 89.0 Å². The van der Waals surface area contributed by atoms with Crippen molar-refractivity contribution >= 4 is 12.1 Å². The Kier molecular flexibility index (Phi) is 7.33. The zero-order valence-corrected chi connectivity index (χ0v) is 19.2. The van der Waals surface area contributed by atoms with Crippen LogP contribution >= 0.6 is 0 Å². The van der Waals surface area contributed by atoms with Crippen LogP contribution in [-0.4, -0.2) is 53.7 Å². The van der Waals surface area contributed by atoms with E-state index in [9.17, 15) is 19.8 Å². The lowest BCUT2D eigenvalue weighted by Gasteiger charge is -2.19. The molecule has 0 saturated carbocycles. The van der Waals surface area contributed by atoms with Crippen LogP contribution in [0.25, 0.3) is 11.1 Å². The third-order valence-electron chi connectivity index (χ3n) is 6.22. The Bertz CT molecular complexity index is 1180. The largest absolute Gasteiger partial charge is 0.496 e. The summed E-state index contributed by atoms with van der Waals surface area (Å²) in [6.07, 6.45) is -3.02. The molecular formula is C27H27NO7. The number of hydrogen-bond donors (Lipinski definition) is 4. The summed E-state index contributed by atoms with van der Waals surface area (Å²) in [6.45, 7) is 0.264. The summed E-state index contributed by atoms with van der Waals surface area (Å²) in [4.78, 5) is 23.5. The number of fused-ring (bicyclic) bond motifs is 3. The molecular weight excluding hydrogens is 450 g/mol. The van der Waals surface area contributed by atoms with E-state index >= 15 is 0 Å². The number of carbonyl (C=O) groups excluding carboxylic acids is 1. The molecule has 182 valence electrons. The fourth-order valence-corrected chi connectivity index (χ4v) is 4.42. The molecule has 0 saturated heterocycles. The van der Waals surface area contributed by atoms with Crippen LogP contribution in [0.2, 0.25) is 0 Å². The molecule has 0 spiro atoms. The molecule has 2 unspecified atom stereocenters. The highest BCUT2D eigenvalue weighted by Gasteiger charge is 2.29. The van der Waals surface area contributed by atoms with Crippen LogP contribution in [0.5, 0.6) is 5.75 Å². The van der Waals surface area contributed by atoms with Crippen LogP contribution in [0.15, 0.2) is 66.7 Å². The molecule has 8 heteroatoms. The predicted octanol–water partition coefficient (Wildman–Crippen LogP) is 3.72. The SMILES string of the molecule is COc1cc(C(O)C(O)CCNC(=O)OCC2c3ccccc3-c3ccccc32)ccc1C(=O)O. The Morgan fingerprint density at radius 1 is 0.971 bits per heavy atom. The average molecular weight is 478 g/mol. The van der Waals surface area contributed by atoms with E-state index in [0.717, 1.165) is 22.3 Å². The summed E-state index contributed by atoms with van der Waals surface area (Å²) in [7, 11) is 1.33. The summed E-state index contributed by atoms with van der Waals surface area (Å²) in [5.41, 5.74) is 4.77. The van der Waals surface area contributed by atoms with Gasteiger partial charge in [0.2, 0.25) is 0 Å². The number of carboxylic acids is 1. The smallest absolute Gasteiger partial charge is 0.407 e. The van der Waals surface area contributed by atoms with E-state index in [4.69, 9.17) is 14.6 Å². The number of ether oxygens (including phenoxy) is 2. The van der Waals surface area contributed by atoms with Gasteiger partial charge in [-0.2, -0.15) is 0 Å². The second kappa shape index (κ2) is 10.6. The Morgan fingerprint density at radius 2 is 1.60 bits per heavy atom. The molecule has 0 heterocycles. The molecule has 0 aromatic heterocycles. The first-order valence-electron chi connectivity index (χ1n) is 11.3. The van der Waals surface area contributed by atoms with Crippen LogP contribution in [0.4, 0.5) is 4.79 Å². The maximum atomic E-state index is 12.3. The summed E-state index contributed by atoms with van der Waals surface area (Å²) in [6, 6.07) is 20.2. The van der Waals surface area contributed by atoms with Gasteiger partial charge in [-0.15, -0.1) is 0 Å². The van der Waals surface area contributed by atoms with Crippen molar-refractivity contribution in [2.45, 2.75) is 24.5 Å². The van der Waals surface area contributed by atoms with Crippen LogP contribution in [-0.2, 0) is 4.74 Å². The van der Waals surface area contributed by atoms with Crippen molar-refractivity contribution in [3.8, 4) is 16.9 Å². The molecule has 1 amide bonds. The van der Waals surface area contributed by atoms with Gasteiger partial charge in [-0.1, -0.05) is 54.6 Å². The Labute approximate surface area is 202 Å². The molecule has 4 N–H and O–H groups in total. The minimum atomic E-state index is -1.28. The van der Waals surface area contributed by atoms with Gasteiger partial charge in [0.15, 0.2) is 0 Å². The second-order valence-electron chi connectivity index (χ2n) is 8.32. The van der Waals surface area contributed by atoms with Crippen molar-refractivity contribution < 1.29 is 34.4 Å². The number of rotatable bonds is 9. The molecule has 35 heavy (non-hydrogen) atoms. The summed E-state index contributed by atoms with van der Waals surface area (Å²) >= 11 is 0. The van der Waals surface area contributed by atoms with E-state index in [2.05, 4.69) is 17.4 Å². The van der Waals surface area contributed by atoms with Crippen LogP contribution in [0.3, 0.4) is 0 Å². The minimum absolute atomic E-state index is 0.0464. The van der Waals surface area contributed by atoms with Gasteiger partial charge >= 0.3 is 12.1 Å². The lowest BCUT2D eigenvalue weighted by Crippen LogP contribution is -2.30. The highest BCUT2D eigenvalue weighted by Crippen LogP contribution is 2.44. The average Bonchev–Trinajstić information content (AvgIpc) is 3.20. The molecule has 1 aliphatic rings. The number of methoxy groups -OCH3 is 1. The summed E-state index contributed by atoms with van der Waals surface area (Å²) < 4.78 is 10.5. The van der Waals surface area contributed by atoms with Crippen LogP contribution in [0.1, 0.15) is 45.5 Å². The van der Waals surface area contributed by atoms with Crippen LogP contribution in [0, 0.1) is 0 Å². The number of alkyl carbamates (subject to hydrolysis) is 1. The molecule has 1 aliphatic carbocycles. The van der Waals surface area contributed by atoms with Gasteiger partial charge in [-0.3, -0.25) is 0 Å². The molecule has 8 nitrogen and oxygen atoms in total. The number of hydrogen-bond acceptors (Lipinski definition) is 6. The molecule has 3 aromatic carbocycles. The maximum absolute atomic E-state index is 12.3. The van der Waals surface area contributed by atoms with Gasteiger partial charge in [0, 0.05) is 12.5 Å². The Morgan fingerprint density at radius 3 is 2.20 bits per heavy atom. The van der Waals surface area contributed by atoms with E-state index in [-0.39, 0.29) is 36.8 Å². The van der Waals surface area contributed by atoms with Crippen LogP contribution < -0.4 is 10.1 Å². The maximum Gasteiger partial charge on any atom is 0.407 e. The number of carbonyl (C=O) groups is 2. The molecule has 4 rings (SSSR count). The van der Waals surface area contributed by atoms with E-state index in [1.165, 1.54) is 25.3 Å².